The molecule has 17 heavy (non-hydrogen) atoms. The Morgan fingerprint density at radius 3 is 2.47 bits per heavy atom. The fraction of sp³-hybridized carbons (Fsp3) is 0.900. The number of nitrogens with one attached hydrogen (secondary N) is 1. The molecule has 0 aromatic rings. The number of carboxylic acid groups (broad SMARTS) is 1. The van der Waals surface area contributed by atoms with E-state index in [2.05, 4.69) is 11.0 Å². The number of carboxylic acids is 1. The van der Waals surface area contributed by atoms with Crippen molar-refractivity contribution in [3.63, 3.8) is 0 Å². The van der Waals surface area contributed by atoms with Crippen LogP contribution < -0.4 is 4.72 Å². The number of aliphatic carboxylic acids is 1. The van der Waals surface area contributed by atoms with Crippen LogP contribution in [0.2, 0.25) is 0 Å². The van der Waals surface area contributed by atoms with E-state index in [1.807, 2.05) is 11.8 Å². The van der Waals surface area contributed by atoms with Crippen molar-refractivity contribution in [1.82, 2.24) is 4.72 Å². The van der Waals surface area contributed by atoms with Crippen LogP contribution in [0.4, 0.5) is 0 Å². The van der Waals surface area contributed by atoms with Crippen molar-refractivity contribution < 1.29 is 18.3 Å². The van der Waals surface area contributed by atoms with Gasteiger partial charge in [0.05, 0.1) is 12.2 Å². The second kappa shape index (κ2) is 9.73. The molecule has 7 heteroatoms. The minimum Gasteiger partial charge on any atom is -0.481 e. The number of unbranched alkanes of at least 4 members (excludes halogenated alkanes) is 3. The minimum absolute atomic E-state index is 0.338. The van der Waals surface area contributed by atoms with Gasteiger partial charge in [-0.15, -0.1) is 0 Å². The molecule has 0 aliphatic heterocycles. The third-order valence-electron chi connectivity index (χ3n) is 2.18. The Morgan fingerprint density at radius 2 is 1.88 bits per heavy atom. The molecule has 0 spiro atoms. The van der Waals surface area contributed by atoms with Crippen LogP contribution in [0.15, 0.2) is 0 Å². The second-order valence-electron chi connectivity index (χ2n) is 3.76. The monoisotopic (exact) mass is 283 g/mol. The Labute approximate surface area is 107 Å². The number of carbonyl (C=O) groups is 1. The van der Waals surface area contributed by atoms with E-state index in [1.54, 1.807) is 0 Å². The highest BCUT2D eigenvalue weighted by Crippen LogP contribution is 2.04. The summed E-state index contributed by atoms with van der Waals surface area (Å²) < 4.78 is 25.0. The van der Waals surface area contributed by atoms with Crippen LogP contribution in [0.1, 0.15) is 32.1 Å². The SMILES string of the molecule is CSCCCCCCNS(=O)(=O)CCC(=O)O. The molecule has 0 aliphatic carbocycles. The van der Waals surface area contributed by atoms with E-state index in [9.17, 15) is 13.2 Å². The number of hydrogen-bond donors (Lipinski definition) is 2. The Morgan fingerprint density at radius 1 is 1.24 bits per heavy atom. The van der Waals surface area contributed by atoms with Crippen molar-refractivity contribution >= 4 is 27.8 Å². The average molecular weight is 283 g/mol. The van der Waals surface area contributed by atoms with Crippen LogP contribution in [-0.2, 0) is 14.8 Å². The molecule has 0 bridgehead atoms. The fourth-order valence-electron chi connectivity index (χ4n) is 1.25. The second-order valence-corrected chi connectivity index (χ2v) is 6.68. The maximum Gasteiger partial charge on any atom is 0.304 e. The minimum atomic E-state index is -3.41. The molecule has 0 saturated carbocycles. The van der Waals surface area contributed by atoms with E-state index in [4.69, 9.17) is 5.11 Å². The Bertz CT molecular complexity index is 303. The lowest BCUT2D eigenvalue weighted by Crippen LogP contribution is -2.28. The van der Waals surface area contributed by atoms with Crippen molar-refractivity contribution in [1.29, 1.82) is 0 Å². The van der Waals surface area contributed by atoms with Gasteiger partial charge in [-0.3, -0.25) is 4.79 Å². The largest absolute Gasteiger partial charge is 0.481 e. The highest BCUT2D eigenvalue weighted by molar-refractivity contribution is 7.98. The fourth-order valence-corrected chi connectivity index (χ4v) is 2.78. The smallest absolute Gasteiger partial charge is 0.304 e. The van der Waals surface area contributed by atoms with Crippen LogP contribution in [0.3, 0.4) is 0 Å². The summed E-state index contributed by atoms with van der Waals surface area (Å²) in [5.41, 5.74) is 0. The summed E-state index contributed by atoms with van der Waals surface area (Å²) >= 11 is 1.81. The zero-order chi connectivity index (χ0) is 13.1. The standard InChI is InChI=1S/C10H21NO4S2/c1-16-8-5-3-2-4-7-11-17(14,15)9-6-10(12)13/h11H,2-9H2,1H3,(H,12,13). The van der Waals surface area contributed by atoms with Gasteiger partial charge in [0.15, 0.2) is 0 Å². The van der Waals surface area contributed by atoms with E-state index in [0.29, 0.717) is 6.54 Å². The normalized spacial score (nSPS) is 11.6. The van der Waals surface area contributed by atoms with Gasteiger partial charge in [0.2, 0.25) is 10.0 Å². The molecule has 0 heterocycles. The average Bonchev–Trinajstić information content (AvgIpc) is 2.25. The molecule has 0 aliphatic rings. The van der Waals surface area contributed by atoms with Gasteiger partial charge in [0.25, 0.3) is 0 Å². The van der Waals surface area contributed by atoms with Gasteiger partial charge < -0.3 is 5.11 Å². The maximum absolute atomic E-state index is 11.3. The molecular formula is C10H21NO4S2. The lowest BCUT2D eigenvalue weighted by Gasteiger charge is -2.05. The lowest BCUT2D eigenvalue weighted by molar-refractivity contribution is -0.136. The van der Waals surface area contributed by atoms with E-state index in [1.165, 1.54) is 0 Å². The van der Waals surface area contributed by atoms with Crippen molar-refractivity contribution in [2.45, 2.75) is 32.1 Å². The molecule has 0 atom stereocenters. The Kier molecular flexibility index (Phi) is 9.57. The van der Waals surface area contributed by atoms with E-state index in [0.717, 1.165) is 31.4 Å². The van der Waals surface area contributed by atoms with Gasteiger partial charge in [-0.25, -0.2) is 13.1 Å². The first-order chi connectivity index (χ1) is 7.98. The highest BCUT2D eigenvalue weighted by Gasteiger charge is 2.11. The predicted molar refractivity (Wildman–Crippen MR) is 70.9 cm³/mol. The van der Waals surface area contributed by atoms with E-state index in [-0.39, 0.29) is 12.2 Å². The third-order valence-corrected chi connectivity index (χ3v) is 4.26. The molecule has 2 N–H and O–H groups in total. The van der Waals surface area contributed by atoms with Gasteiger partial charge in [-0.2, -0.15) is 11.8 Å². The van der Waals surface area contributed by atoms with Crippen molar-refractivity contribution in [3.8, 4) is 0 Å². The van der Waals surface area contributed by atoms with Crippen molar-refractivity contribution in [2.75, 3.05) is 24.3 Å². The van der Waals surface area contributed by atoms with Crippen LogP contribution in [0.25, 0.3) is 0 Å². The molecule has 0 aromatic heterocycles. The first-order valence-electron chi connectivity index (χ1n) is 5.66. The highest BCUT2D eigenvalue weighted by atomic mass is 32.2. The first kappa shape index (κ1) is 16.7. The van der Waals surface area contributed by atoms with Crippen molar-refractivity contribution in [3.05, 3.63) is 0 Å². The van der Waals surface area contributed by atoms with Gasteiger partial charge in [-0.1, -0.05) is 12.8 Å². The molecule has 0 aromatic carbocycles. The Hall–Kier alpha value is -0.270. The molecular weight excluding hydrogens is 262 g/mol. The van der Waals surface area contributed by atoms with Gasteiger partial charge in [0.1, 0.15) is 0 Å². The molecule has 0 rings (SSSR count). The zero-order valence-corrected chi connectivity index (χ0v) is 11.8. The quantitative estimate of drug-likeness (QED) is 0.558. The zero-order valence-electron chi connectivity index (χ0n) is 10.1. The third kappa shape index (κ3) is 12.0. The van der Waals surface area contributed by atoms with E-state index < -0.39 is 16.0 Å². The summed E-state index contributed by atoms with van der Waals surface area (Å²) in [5, 5.41) is 8.37. The van der Waals surface area contributed by atoms with Gasteiger partial charge in [0, 0.05) is 6.54 Å². The molecule has 0 unspecified atom stereocenters. The number of hydrogen-bond acceptors (Lipinski definition) is 4. The summed E-state index contributed by atoms with van der Waals surface area (Å²) in [6, 6.07) is 0. The summed E-state index contributed by atoms with van der Waals surface area (Å²) in [6.45, 7) is 0.404. The van der Waals surface area contributed by atoms with Gasteiger partial charge >= 0.3 is 5.97 Å². The molecule has 0 saturated heterocycles. The summed E-state index contributed by atoms with van der Waals surface area (Å²) in [5.74, 6) is -0.286. The topological polar surface area (TPSA) is 83.5 Å². The van der Waals surface area contributed by atoms with Crippen molar-refractivity contribution in [2.24, 2.45) is 0 Å². The van der Waals surface area contributed by atoms with Gasteiger partial charge in [-0.05, 0) is 24.9 Å². The molecule has 5 nitrogen and oxygen atoms in total. The number of rotatable bonds is 11. The first-order valence-corrected chi connectivity index (χ1v) is 8.70. The summed E-state index contributed by atoms with van der Waals surface area (Å²) in [7, 11) is -3.41. The molecule has 0 amide bonds. The van der Waals surface area contributed by atoms with Crippen LogP contribution in [0, 0.1) is 0 Å². The van der Waals surface area contributed by atoms with Crippen LogP contribution in [-0.4, -0.2) is 43.8 Å². The van der Waals surface area contributed by atoms with Crippen LogP contribution in [0.5, 0.6) is 0 Å². The Balaban J connectivity index is 3.49. The summed E-state index contributed by atoms with van der Waals surface area (Å²) in [6.07, 6.45) is 5.80. The predicted octanol–water partition coefficient (Wildman–Crippen LogP) is 1.30. The van der Waals surface area contributed by atoms with Crippen LogP contribution >= 0.6 is 11.8 Å². The molecule has 0 fully saturated rings. The number of thioether (sulfide) groups is 1. The lowest BCUT2D eigenvalue weighted by atomic mass is 10.2. The number of sulfonamides is 1. The molecule has 0 radical (unpaired) electrons. The molecule has 102 valence electrons. The van der Waals surface area contributed by atoms with E-state index >= 15 is 0 Å². The summed E-state index contributed by atoms with van der Waals surface area (Å²) in [4.78, 5) is 10.2. The maximum atomic E-state index is 11.3.